The highest BCUT2D eigenvalue weighted by molar-refractivity contribution is 5.68. The van der Waals surface area contributed by atoms with Crippen LogP contribution in [-0.2, 0) is 13.1 Å². The van der Waals surface area contributed by atoms with Gasteiger partial charge in [0.1, 0.15) is 11.6 Å². The summed E-state index contributed by atoms with van der Waals surface area (Å²) in [6.45, 7) is 3.30. The molecule has 6 nitrogen and oxygen atoms in total. The molecule has 0 bridgehead atoms. The van der Waals surface area contributed by atoms with Crippen LogP contribution in [0.1, 0.15) is 6.92 Å². The van der Waals surface area contributed by atoms with Gasteiger partial charge in [-0.3, -0.25) is 0 Å². The number of rotatable bonds is 4. The molecule has 86 valence electrons. The van der Waals surface area contributed by atoms with Gasteiger partial charge in [-0.15, -0.1) is 0 Å². The Morgan fingerprint density at radius 1 is 1.50 bits per heavy atom. The van der Waals surface area contributed by atoms with Gasteiger partial charge in [-0.25, -0.2) is 9.67 Å². The van der Waals surface area contributed by atoms with Crippen LogP contribution in [0.5, 0.6) is 0 Å². The Balaban J connectivity index is 2.41. The number of imidazole rings is 1. The van der Waals surface area contributed by atoms with Crippen LogP contribution in [0, 0.1) is 0 Å². The van der Waals surface area contributed by atoms with E-state index in [1.165, 1.54) is 0 Å². The van der Waals surface area contributed by atoms with Crippen LogP contribution in [0.2, 0.25) is 0 Å². The second kappa shape index (κ2) is 4.36. The van der Waals surface area contributed by atoms with Crippen LogP contribution in [0.25, 0.3) is 11.4 Å². The zero-order valence-corrected chi connectivity index (χ0v) is 9.17. The number of aromatic nitrogens is 4. The zero-order valence-electron chi connectivity index (χ0n) is 9.17. The predicted molar refractivity (Wildman–Crippen MR) is 60.6 cm³/mol. The lowest BCUT2D eigenvalue weighted by Crippen LogP contribution is -2.08. The molecule has 0 saturated heterocycles. The summed E-state index contributed by atoms with van der Waals surface area (Å²) in [6.07, 6.45) is 5.32. The van der Waals surface area contributed by atoms with Gasteiger partial charge in [0.05, 0.1) is 24.9 Å². The Kier molecular flexibility index (Phi) is 2.91. The number of hydrogen-bond donors (Lipinski definition) is 2. The third-order valence-electron chi connectivity index (χ3n) is 2.49. The van der Waals surface area contributed by atoms with E-state index in [1.807, 2.05) is 17.7 Å². The summed E-state index contributed by atoms with van der Waals surface area (Å²) in [5, 5.41) is 13.0. The number of nitrogens with zero attached hydrogens (tertiary/aromatic N) is 4. The monoisotopic (exact) mass is 221 g/mol. The van der Waals surface area contributed by atoms with Gasteiger partial charge >= 0.3 is 0 Å². The Morgan fingerprint density at radius 2 is 2.31 bits per heavy atom. The SMILES string of the molecule is CCn1ccnc1-c1cnn(CCO)c1N. The second-order valence-electron chi connectivity index (χ2n) is 3.43. The lowest BCUT2D eigenvalue weighted by Gasteiger charge is -2.04. The number of hydrogen-bond acceptors (Lipinski definition) is 4. The quantitative estimate of drug-likeness (QED) is 0.780. The number of aliphatic hydroxyl groups excluding tert-OH is 1. The summed E-state index contributed by atoms with van der Waals surface area (Å²) in [7, 11) is 0. The van der Waals surface area contributed by atoms with Gasteiger partial charge in [0, 0.05) is 18.9 Å². The van der Waals surface area contributed by atoms with Crippen molar-refractivity contribution in [2.75, 3.05) is 12.3 Å². The first-order valence-electron chi connectivity index (χ1n) is 5.21. The highest BCUT2D eigenvalue weighted by Crippen LogP contribution is 2.23. The summed E-state index contributed by atoms with van der Waals surface area (Å²) < 4.78 is 3.57. The maximum absolute atomic E-state index is 8.85. The minimum absolute atomic E-state index is 0.0214. The standard InChI is InChI=1S/C10H15N5O/c1-2-14-4-3-12-10(14)8-7-13-15(5-6-16)9(8)11/h3-4,7,16H,2,5-6,11H2,1H3. The van der Waals surface area contributed by atoms with Crippen molar-refractivity contribution >= 4 is 5.82 Å². The summed E-state index contributed by atoms with van der Waals surface area (Å²) in [5.74, 6) is 1.35. The first kappa shape index (κ1) is 10.7. The second-order valence-corrected chi connectivity index (χ2v) is 3.43. The molecule has 16 heavy (non-hydrogen) atoms. The first-order valence-corrected chi connectivity index (χ1v) is 5.21. The number of nitrogen functional groups attached to an aromatic ring is 1. The number of nitrogens with two attached hydrogens (primary N) is 1. The van der Waals surface area contributed by atoms with Crippen molar-refractivity contribution in [1.29, 1.82) is 0 Å². The van der Waals surface area contributed by atoms with Gasteiger partial charge in [-0.05, 0) is 6.92 Å². The molecule has 0 spiro atoms. The van der Waals surface area contributed by atoms with E-state index in [9.17, 15) is 0 Å². The molecule has 0 aliphatic rings. The molecule has 3 N–H and O–H groups in total. The fourth-order valence-corrected chi connectivity index (χ4v) is 1.65. The zero-order chi connectivity index (χ0) is 11.5. The van der Waals surface area contributed by atoms with E-state index in [4.69, 9.17) is 10.8 Å². The maximum Gasteiger partial charge on any atom is 0.145 e. The molecule has 0 fully saturated rings. The molecule has 0 saturated carbocycles. The van der Waals surface area contributed by atoms with Crippen molar-refractivity contribution in [3.05, 3.63) is 18.6 Å². The highest BCUT2D eigenvalue weighted by Gasteiger charge is 2.13. The fourth-order valence-electron chi connectivity index (χ4n) is 1.65. The van der Waals surface area contributed by atoms with Crippen LogP contribution in [-0.4, -0.2) is 31.0 Å². The van der Waals surface area contributed by atoms with Crippen LogP contribution >= 0.6 is 0 Å². The van der Waals surface area contributed by atoms with Gasteiger partial charge in [-0.1, -0.05) is 0 Å². The molecule has 6 heteroatoms. The summed E-state index contributed by atoms with van der Waals surface area (Å²) in [5.41, 5.74) is 6.75. The molecule has 0 radical (unpaired) electrons. The minimum atomic E-state index is 0.0214. The Labute approximate surface area is 93.3 Å². The maximum atomic E-state index is 8.85. The van der Waals surface area contributed by atoms with E-state index in [0.29, 0.717) is 12.4 Å². The number of anilines is 1. The highest BCUT2D eigenvalue weighted by atomic mass is 16.3. The summed E-state index contributed by atoms with van der Waals surface area (Å²) in [6, 6.07) is 0. The summed E-state index contributed by atoms with van der Waals surface area (Å²) >= 11 is 0. The largest absolute Gasteiger partial charge is 0.394 e. The molecule has 0 amide bonds. The van der Waals surface area contributed by atoms with E-state index in [0.717, 1.165) is 17.9 Å². The van der Waals surface area contributed by atoms with E-state index in [-0.39, 0.29) is 6.61 Å². The number of aryl methyl sites for hydroxylation is 1. The van der Waals surface area contributed by atoms with Gasteiger partial charge in [0.2, 0.25) is 0 Å². The molecule has 0 aliphatic carbocycles. The molecule has 2 aromatic rings. The molecule has 0 atom stereocenters. The Morgan fingerprint density at radius 3 is 3.00 bits per heavy atom. The van der Waals surface area contributed by atoms with Crippen LogP contribution in [0.15, 0.2) is 18.6 Å². The van der Waals surface area contributed by atoms with E-state index in [1.54, 1.807) is 17.1 Å². The molecule has 0 aliphatic heterocycles. The number of aliphatic hydroxyl groups is 1. The average molecular weight is 221 g/mol. The topological polar surface area (TPSA) is 81.9 Å². The van der Waals surface area contributed by atoms with Crippen molar-refractivity contribution in [3.63, 3.8) is 0 Å². The molecule has 2 heterocycles. The Bertz CT molecular complexity index is 473. The normalized spacial score (nSPS) is 10.9. The van der Waals surface area contributed by atoms with Crippen LogP contribution < -0.4 is 5.73 Å². The molecular weight excluding hydrogens is 206 g/mol. The fraction of sp³-hybridized carbons (Fsp3) is 0.400. The van der Waals surface area contributed by atoms with E-state index >= 15 is 0 Å². The van der Waals surface area contributed by atoms with Crippen molar-refractivity contribution < 1.29 is 5.11 Å². The van der Waals surface area contributed by atoms with Crippen LogP contribution in [0.3, 0.4) is 0 Å². The molecule has 2 rings (SSSR count). The molecular formula is C10H15N5O. The van der Waals surface area contributed by atoms with Crippen LogP contribution in [0.4, 0.5) is 5.82 Å². The lowest BCUT2D eigenvalue weighted by molar-refractivity contribution is 0.270. The smallest absolute Gasteiger partial charge is 0.145 e. The lowest BCUT2D eigenvalue weighted by atomic mass is 10.3. The van der Waals surface area contributed by atoms with Gasteiger partial charge in [-0.2, -0.15) is 5.10 Å². The average Bonchev–Trinajstić information content (AvgIpc) is 2.87. The first-order chi connectivity index (χ1) is 7.77. The van der Waals surface area contributed by atoms with Crippen molar-refractivity contribution in [2.24, 2.45) is 0 Å². The van der Waals surface area contributed by atoms with Gasteiger partial charge in [0.15, 0.2) is 0 Å². The van der Waals surface area contributed by atoms with E-state index in [2.05, 4.69) is 10.1 Å². The summed E-state index contributed by atoms with van der Waals surface area (Å²) in [4.78, 5) is 4.26. The van der Waals surface area contributed by atoms with Crippen molar-refractivity contribution in [1.82, 2.24) is 19.3 Å². The van der Waals surface area contributed by atoms with Gasteiger partial charge in [0.25, 0.3) is 0 Å². The third kappa shape index (κ3) is 1.67. The van der Waals surface area contributed by atoms with Crippen molar-refractivity contribution in [3.8, 4) is 11.4 Å². The molecule has 0 aromatic carbocycles. The van der Waals surface area contributed by atoms with E-state index < -0.39 is 0 Å². The Hall–Kier alpha value is -1.82. The molecule has 0 unspecified atom stereocenters. The van der Waals surface area contributed by atoms with Gasteiger partial charge < -0.3 is 15.4 Å². The predicted octanol–water partition coefficient (Wildman–Crippen LogP) is 0.341. The molecule has 2 aromatic heterocycles. The van der Waals surface area contributed by atoms with Crippen molar-refractivity contribution in [2.45, 2.75) is 20.0 Å². The third-order valence-corrected chi connectivity index (χ3v) is 2.49. The minimum Gasteiger partial charge on any atom is -0.394 e.